The van der Waals surface area contributed by atoms with E-state index in [1.165, 1.54) is 6.92 Å². The summed E-state index contributed by atoms with van der Waals surface area (Å²) in [6.07, 6.45) is 0.943. The zero-order chi connectivity index (χ0) is 9.30. The van der Waals surface area contributed by atoms with Crippen LogP contribution in [-0.4, -0.2) is 27.2 Å². The second kappa shape index (κ2) is 3.72. The Hall–Kier alpha value is -0.130. The number of carbonyl (C=O) groups is 2. The van der Waals surface area contributed by atoms with Crippen molar-refractivity contribution in [1.82, 2.24) is 4.90 Å². The molecule has 0 N–H and O–H groups in total. The quantitative estimate of drug-likeness (QED) is 0.535. The molecular formula is C8H12INO2. The summed E-state index contributed by atoms with van der Waals surface area (Å²) in [5, 5.41) is 0. The molecule has 0 radical (unpaired) electrons. The summed E-state index contributed by atoms with van der Waals surface area (Å²) in [7, 11) is 0. The predicted molar refractivity (Wildman–Crippen MR) is 54.0 cm³/mol. The minimum Gasteiger partial charge on any atom is -0.332 e. The Labute approximate surface area is 85.6 Å². The van der Waals surface area contributed by atoms with E-state index in [9.17, 15) is 9.59 Å². The van der Waals surface area contributed by atoms with Crippen molar-refractivity contribution in [3.63, 3.8) is 0 Å². The van der Waals surface area contributed by atoms with E-state index in [0.717, 1.165) is 13.0 Å². The van der Waals surface area contributed by atoms with Gasteiger partial charge >= 0.3 is 0 Å². The Morgan fingerprint density at radius 2 is 2.08 bits per heavy atom. The smallest absolute Gasteiger partial charge is 0.220 e. The lowest BCUT2D eigenvalue weighted by atomic mass is 10.0. The van der Waals surface area contributed by atoms with Gasteiger partial charge in [0.15, 0.2) is 0 Å². The number of carbonyl (C=O) groups excluding carboxylic acids is 2. The SMILES string of the molecule is CC(=O)N1CC[C@H](C)[C@H]1C(=O)I. The van der Waals surface area contributed by atoms with Crippen molar-refractivity contribution in [3.05, 3.63) is 0 Å². The predicted octanol–water partition coefficient (Wildman–Crippen LogP) is 1.20. The Morgan fingerprint density at radius 1 is 1.50 bits per heavy atom. The first-order chi connectivity index (χ1) is 5.54. The molecule has 1 saturated heterocycles. The highest BCUT2D eigenvalue weighted by atomic mass is 127. The van der Waals surface area contributed by atoms with Gasteiger partial charge in [0.2, 0.25) is 9.70 Å². The zero-order valence-electron chi connectivity index (χ0n) is 7.21. The molecule has 3 nitrogen and oxygen atoms in total. The van der Waals surface area contributed by atoms with Crippen molar-refractivity contribution in [2.75, 3.05) is 6.54 Å². The number of hydrogen-bond acceptors (Lipinski definition) is 2. The van der Waals surface area contributed by atoms with Gasteiger partial charge in [-0.15, -0.1) is 0 Å². The van der Waals surface area contributed by atoms with Crippen LogP contribution < -0.4 is 0 Å². The maximum atomic E-state index is 11.2. The van der Waals surface area contributed by atoms with Crippen LogP contribution in [-0.2, 0) is 9.59 Å². The van der Waals surface area contributed by atoms with Crippen LogP contribution in [0, 0.1) is 5.92 Å². The minimum atomic E-state index is -0.178. The Kier molecular flexibility index (Phi) is 3.09. The maximum Gasteiger partial charge on any atom is 0.220 e. The molecule has 0 aromatic carbocycles. The third kappa shape index (κ3) is 1.78. The van der Waals surface area contributed by atoms with E-state index < -0.39 is 0 Å². The van der Waals surface area contributed by atoms with Crippen LogP contribution in [0.3, 0.4) is 0 Å². The molecule has 4 heteroatoms. The summed E-state index contributed by atoms with van der Waals surface area (Å²) in [5.41, 5.74) is 0. The van der Waals surface area contributed by atoms with Gasteiger partial charge in [-0.05, 0) is 12.3 Å². The summed E-state index contributed by atoms with van der Waals surface area (Å²) in [4.78, 5) is 23.9. The van der Waals surface area contributed by atoms with Crippen LogP contribution in [0.1, 0.15) is 20.3 Å². The number of hydrogen-bond donors (Lipinski definition) is 0. The largest absolute Gasteiger partial charge is 0.332 e. The zero-order valence-corrected chi connectivity index (χ0v) is 9.37. The lowest BCUT2D eigenvalue weighted by molar-refractivity contribution is -0.133. The second-order valence-corrected chi connectivity index (χ2v) is 4.29. The summed E-state index contributed by atoms with van der Waals surface area (Å²) >= 11 is 1.78. The molecule has 1 amide bonds. The molecule has 0 aromatic heterocycles. The lowest BCUT2D eigenvalue weighted by Crippen LogP contribution is -2.39. The molecule has 0 aliphatic carbocycles. The molecule has 1 aliphatic heterocycles. The van der Waals surface area contributed by atoms with Crippen LogP contribution >= 0.6 is 22.6 Å². The summed E-state index contributed by atoms with van der Waals surface area (Å²) in [6, 6.07) is -0.178. The molecule has 12 heavy (non-hydrogen) atoms. The second-order valence-electron chi connectivity index (χ2n) is 3.23. The normalized spacial score (nSPS) is 29.1. The topological polar surface area (TPSA) is 37.4 Å². The fraction of sp³-hybridized carbons (Fsp3) is 0.750. The average Bonchev–Trinajstić information content (AvgIpc) is 2.30. The van der Waals surface area contributed by atoms with Crippen molar-refractivity contribution in [3.8, 4) is 0 Å². The van der Waals surface area contributed by atoms with E-state index >= 15 is 0 Å². The first-order valence-electron chi connectivity index (χ1n) is 4.00. The molecule has 68 valence electrons. The van der Waals surface area contributed by atoms with Crippen LogP contribution in [0.4, 0.5) is 0 Å². The summed E-state index contributed by atoms with van der Waals surface area (Å²) in [5.74, 6) is 0.327. The highest BCUT2D eigenvalue weighted by molar-refractivity contribution is 14.1. The van der Waals surface area contributed by atoms with Gasteiger partial charge in [0.1, 0.15) is 6.04 Å². The Morgan fingerprint density at radius 3 is 2.42 bits per heavy atom. The molecule has 1 aliphatic rings. The number of halogens is 1. The van der Waals surface area contributed by atoms with Crippen molar-refractivity contribution in [1.29, 1.82) is 0 Å². The molecule has 0 spiro atoms. The van der Waals surface area contributed by atoms with Crippen molar-refractivity contribution in [2.45, 2.75) is 26.3 Å². The Balaban J connectivity index is 2.77. The Bertz CT molecular complexity index is 217. The van der Waals surface area contributed by atoms with Gasteiger partial charge in [0, 0.05) is 36.1 Å². The van der Waals surface area contributed by atoms with Crippen molar-refractivity contribution < 1.29 is 9.59 Å². The van der Waals surface area contributed by atoms with Crippen LogP contribution in [0.15, 0.2) is 0 Å². The van der Waals surface area contributed by atoms with E-state index in [-0.39, 0.29) is 15.7 Å². The van der Waals surface area contributed by atoms with Crippen LogP contribution in [0.2, 0.25) is 0 Å². The van der Waals surface area contributed by atoms with Gasteiger partial charge < -0.3 is 4.90 Å². The van der Waals surface area contributed by atoms with Gasteiger partial charge in [-0.2, -0.15) is 0 Å². The molecule has 1 rings (SSSR count). The van der Waals surface area contributed by atoms with E-state index in [2.05, 4.69) is 0 Å². The minimum absolute atomic E-state index is 0.00867. The van der Waals surface area contributed by atoms with Gasteiger partial charge in [-0.1, -0.05) is 6.92 Å². The van der Waals surface area contributed by atoms with Crippen molar-refractivity contribution in [2.24, 2.45) is 5.92 Å². The highest BCUT2D eigenvalue weighted by Crippen LogP contribution is 2.26. The van der Waals surface area contributed by atoms with E-state index in [1.54, 1.807) is 27.5 Å². The fourth-order valence-corrected chi connectivity index (χ4v) is 2.60. The number of nitrogens with zero attached hydrogens (tertiary/aromatic N) is 1. The maximum absolute atomic E-state index is 11.2. The number of likely N-dealkylation sites (tertiary alicyclic amines) is 1. The van der Waals surface area contributed by atoms with E-state index in [1.807, 2.05) is 6.92 Å². The molecule has 0 aromatic rings. The molecule has 0 bridgehead atoms. The van der Waals surface area contributed by atoms with E-state index in [0.29, 0.717) is 5.92 Å². The van der Waals surface area contributed by atoms with E-state index in [4.69, 9.17) is 0 Å². The third-order valence-corrected chi connectivity index (χ3v) is 2.98. The fourth-order valence-electron chi connectivity index (χ4n) is 1.65. The molecule has 2 atom stereocenters. The molecular weight excluding hydrogens is 269 g/mol. The number of rotatable bonds is 1. The molecule has 0 saturated carbocycles. The monoisotopic (exact) mass is 281 g/mol. The standard InChI is InChI=1S/C8H12INO2/c1-5-3-4-10(6(2)11)7(5)8(9)12/h5,7H,3-4H2,1-2H3/t5-,7-/m0/s1. The first-order valence-corrected chi connectivity index (χ1v) is 5.08. The van der Waals surface area contributed by atoms with Gasteiger partial charge in [-0.3, -0.25) is 9.59 Å². The van der Waals surface area contributed by atoms with Gasteiger partial charge in [0.25, 0.3) is 0 Å². The van der Waals surface area contributed by atoms with Crippen LogP contribution in [0.25, 0.3) is 0 Å². The lowest BCUT2D eigenvalue weighted by Gasteiger charge is -2.22. The molecule has 1 heterocycles. The molecule has 1 fully saturated rings. The van der Waals surface area contributed by atoms with Gasteiger partial charge in [0.05, 0.1) is 0 Å². The average molecular weight is 281 g/mol. The highest BCUT2D eigenvalue weighted by Gasteiger charge is 2.36. The van der Waals surface area contributed by atoms with Gasteiger partial charge in [-0.25, -0.2) is 0 Å². The summed E-state index contributed by atoms with van der Waals surface area (Å²) < 4.78 is 0.0767. The third-order valence-electron chi connectivity index (χ3n) is 2.34. The first kappa shape index (κ1) is 9.95. The van der Waals surface area contributed by atoms with Crippen molar-refractivity contribution >= 4 is 32.3 Å². The molecule has 0 unspecified atom stereocenters. The number of amides is 1. The summed E-state index contributed by atoms with van der Waals surface area (Å²) in [6.45, 7) is 4.27. The van der Waals surface area contributed by atoms with Crippen LogP contribution in [0.5, 0.6) is 0 Å².